The molecule has 0 aromatic rings. The van der Waals surface area contributed by atoms with Gasteiger partial charge in [-0.1, -0.05) is 24.3 Å². The van der Waals surface area contributed by atoms with Crippen LogP contribution in [0.4, 0.5) is 0 Å². The summed E-state index contributed by atoms with van der Waals surface area (Å²) in [6, 6.07) is 0. The van der Waals surface area contributed by atoms with Crippen molar-refractivity contribution in [2.75, 3.05) is 13.1 Å². The number of nitrogens with one attached hydrogen (secondary N) is 1. The first-order chi connectivity index (χ1) is 6.41. The minimum atomic E-state index is 1.15. The molecule has 0 saturated carbocycles. The minimum Gasteiger partial charge on any atom is -0.317 e. The first-order valence-corrected chi connectivity index (χ1v) is 5.34. The van der Waals surface area contributed by atoms with Crippen LogP contribution in [0.3, 0.4) is 0 Å². The molecule has 0 fully saturated rings. The van der Waals surface area contributed by atoms with Gasteiger partial charge in [-0.2, -0.15) is 0 Å². The second kappa shape index (κ2) is 11.4. The van der Waals surface area contributed by atoms with Gasteiger partial charge in [0, 0.05) is 0 Å². The van der Waals surface area contributed by atoms with Gasteiger partial charge >= 0.3 is 0 Å². The van der Waals surface area contributed by atoms with Gasteiger partial charge < -0.3 is 5.32 Å². The molecule has 1 N–H and O–H groups in total. The lowest BCUT2D eigenvalue weighted by molar-refractivity contribution is 0.630. The second-order valence-electron chi connectivity index (χ2n) is 3.17. The fraction of sp³-hybridized carbons (Fsp3) is 0.667. The maximum Gasteiger partial charge on any atom is -0.00460 e. The molecular formula is C12H23N. The normalized spacial score (nSPS) is 11.8. The molecule has 76 valence electrons. The molecule has 0 aliphatic rings. The molecule has 0 rings (SSSR count). The SMILES string of the molecule is CC=CCCCNCCCC=CC. The van der Waals surface area contributed by atoms with E-state index in [1.165, 1.54) is 25.7 Å². The summed E-state index contributed by atoms with van der Waals surface area (Å²) in [5.74, 6) is 0. The third-order valence-corrected chi connectivity index (χ3v) is 1.92. The summed E-state index contributed by atoms with van der Waals surface area (Å²) >= 11 is 0. The van der Waals surface area contributed by atoms with Gasteiger partial charge in [-0.15, -0.1) is 0 Å². The monoisotopic (exact) mass is 181 g/mol. The fourth-order valence-corrected chi connectivity index (χ4v) is 1.15. The third kappa shape index (κ3) is 11.4. The molecular weight excluding hydrogens is 158 g/mol. The molecule has 0 atom stereocenters. The lowest BCUT2D eigenvalue weighted by atomic mass is 10.2. The first-order valence-electron chi connectivity index (χ1n) is 5.34. The van der Waals surface area contributed by atoms with E-state index in [-0.39, 0.29) is 0 Å². The Kier molecular flexibility index (Phi) is 10.9. The Morgan fingerprint density at radius 3 is 1.69 bits per heavy atom. The highest BCUT2D eigenvalue weighted by Gasteiger charge is 1.85. The zero-order valence-electron chi connectivity index (χ0n) is 9.05. The third-order valence-electron chi connectivity index (χ3n) is 1.92. The van der Waals surface area contributed by atoms with Gasteiger partial charge in [-0.05, 0) is 52.6 Å². The van der Waals surface area contributed by atoms with Crippen LogP contribution in [-0.2, 0) is 0 Å². The molecule has 0 saturated heterocycles. The summed E-state index contributed by atoms with van der Waals surface area (Å²) in [6.07, 6.45) is 13.6. The molecule has 0 aliphatic heterocycles. The Morgan fingerprint density at radius 1 is 0.846 bits per heavy atom. The van der Waals surface area contributed by atoms with Crippen molar-refractivity contribution >= 4 is 0 Å². The van der Waals surface area contributed by atoms with Crippen LogP contribution < -0.4 is 5.32 Å². The summed E-state index contributed by atoms with van der Waals surface area (Å²) < 4.78 is 0. The molecule has 0 aromatic carbocycles. The lowest BCUT2D eigenvalue weighted by Crippen LogP contribution is -2.16. The molecule has 0 amide bonds. The smallest absolute Gasteiger partial charge is 0.00460 e. The van der Waals surface area contributed by atoms with Crippen LogP contribution in [0.5, 0.6) is 0 Å². The van der Waals surface area contributed by atoms with Gasteiger partial charge in [0.15, 0.2) is 0 Å². The number of rotatable bonds is 8. The van der Waals surface area contributed by atoms with E-state index in [4.69, 9.17) is 0 Å². The Balaban J connectivity index is 2.91. The van der Waals surface area contributed by atoms with E-state index in [0.29, 0.717) is 0 Å². The summed E-state index contributed by atoms with van der Waals surface area (Å²) in [4.78, 5) is 0. The molecule has 0 aromatic heterocycles. The maximum atomic E-state index is 3.44. The number of allylic oxidation sites excluding steroid dienone is 4. The highest BCUT2D eigenvalue weighted by Crippen LogP contribution is 1.91. The van der Waals surface area contributed by atoms with Crippen LogP contribution in [0.2, 0.25) is 0 Å². The predicted molar refractivity (Wildman–Crippen MR) is 61.0 cm³/mol. The molecule has 0 heterocycles. The fourth-order valence-electron chi connectivity index (χ4n) is 1.15. The molecule has 0 unspecified atom stereocenters. The van der Waals surface area contributed by atoms with E-state index >= 15 is 0 Å². The second-order valence-corrected chi connectivity index (χ2v) is 3.17. The number of hydrogen-bond acceptors (Lipinski definition) is 1. The van der Waals surface area contributed by atoms with Crippen molar-refractivity contribution in [3.63, 3.8) is 0 Å². The van der Waals surface area contributed by atoms with Crippen LogP contribution >= 0.6 is 0 Å². The van der Waals surface area contributed by atoms with Crippen LogP contribution in [-0.4, -0.2) is 13.1 Å². The van der Waals surface area contributed by atoms with Gasteiger partial charge in [0.05, 0.1) is 0 Å². The largest absolute Gasteiger partial charge is 0.317 e. The molecule has 1 heteroatoms. The van der Waals surface area contributed by atoms with Gasteiger partial charge in [0.1, 0.15) is 0 Å². The van der Waals surface area contributed by atoms with Crippen LogP contribution in [0.15, 0.2) is 24.3 Å². The zero-order chi connectivity index (χ0) is 9.78. The molecule has 0 spiro atoms. The summed E-state index contributed by atoms with van der Waals surface area (Å²) in [5.41, 5.74) is 0. The van der Waals surface area contributed by atoms with Gasteiger partial charge in [0.2, 0.25) is 0 Å². The van der Waals surface area contributed by atoms with Gasteiger partial charge in [0.25, 0.3) is 0 Å². The zero-order valence-corrected chi connectivity index (χ0v) is 9.05. The van der Waals surface area contributed by atoms with Gasteiger partial charge in [-0.25, -0.2) is 0 Å². The molecule has 0 aliphatic carbocycles. The summed E-state index contributed by atoms with van der Waals surface area (Å²) in [5, 5.41) is 3.44. The van der Waals surface area contributed by atoms with Crippen LogP contribution in [0.25, 0.3) is 0 Å². The first kappa shape index (κ1) is 12.4. The number of unbranched alkanes of at least 4 members (excludes halogenated alkanes) is 2. The number of hydrogen-bond donors (Lipinski definition) is 1. The van der Waals surface area contributed by atoms with Crippen molar-refractivity contribution in [1.82, 2.24) is 5.32 Å². The van der Waals surface area contributed by atoms with E-state index in [0.717, 1.165) is 13.1 Å². The Bertz CT molecular complexity index is 120. The van der Waals surface area contributed by atoms with Crippen LogP contribution in [0.1, 0.15) is 39.5 Å². The maximum absolute atomic E-state index is 3.44. The van der Waals surface area contributed by atoms with Crippen LogP contribution in [0, 0.1) is 0 Å². The summed E-state index contributed by atoms with van der Waals surface area (Å²) in [6.45, 7) is 6.45. The van der Waals surface area contributed by atoms with Gasteiger partial charge in [-0.3, -0.25) is 0 Å². The lowest BCUT2D eigenvalue weighted by Gasteiger charge is -2.01. The van der Waals surface area contributed by atoms with E-state index < -0.39 is 0 Å². The van der Waals surface area contributed by atoms with Crippen molar-refractivity contribution in [1.29, 1.82) is 0 Å². The minimum absolute atomic E-state index is 1.15. The average Bonchev–Trinajstić information content (AvgIpc) is 2.16. The molecule has 13 heavy (non-hydrogen) atoms. The van der Waals surface area contributed by atoms with E-state index in [9.17, 15) is 0 Å². The average molecular weight is 181 g/mol. The molecule has 0 bridgehead atoms. The molecule has 1 nitrogen and oxygen atoms in total. The quantitative estimate of drug-likeness (QED) is 0.447. The van der Waals surface area contributed by atoms with E-state index in [2.05, 4.69) is 43.5 Å². The predicted octanol–water partition coefficient (Wildman–Crippen LogP) is 3.29. The topological polar surface area (TPSA) is 12.0 Å². The van der Waals surface area contributed by atoms with E-state index in [1.807, 2.05) is 0 Å². The van der Waals surface area contributed by atoms with E-state index in [1.54, 1.807) is 0 Å². The Hall–Kier alpha value is -0.560. The van der Waals surface area contributed by atoms with Crippen molar-refractivity contribution in [3.8, 4) is 0 Å². The Morgan fingerprint density at radius 2 is 1.31 bits per heavy atom. The standard InChI is InChI=1S/C12H23N/c1-3-5-7-9-11-13-12-10-8-6-4-2/h3-6,13H,7-12H2,1-2H3. The highest BCUT2D eigenvalue weighted by atomic mass is 14.8. The van der Waals surface area contributed by atoms with Crippen molar-refractivity contribution in [2.45, 2.75) is 39.5 Å². The highest BCUT2D eigenvalue weighted by molar-refractivity contribution is 4.77. The van der Waals surface area contributed by atoms with Crippen molar-refractivity contribution < 1.29 is 0 Å². The molecule has 0 radical (unpaired) electrons. The Labute approximate surface area is 82.9 Å². The summed E-state index contributed by atoms with van der Waals surface area (Å²) in [7, 11) is 0. The van der Waals surface area contributed by atoms with Crippen molar-refractivity contribution in [2.24, 2.45) is 0 Å². The van der Waals surface area contributed by atoms with Crippen molar-refractivity contribution in [3.05, 3.63) is 24.3 Å².